The van der Waals surface area contributed by atoms with Gasteiger partial charge in [0.1, 0.15) is 10.8 Å². The Morgan fingerprint density at radius 2 is 2.18 bits per heavy atom. The molecule has 0 spiro atoms. The predicted molar refractivity (Wildman–Crippen MR) is 65.2 cm³/mol. The molecular weight excluding hydrogens is 237 g/mol. The highest BCUT2D eigenvalue weighted by atomic mass is 32.2. The molecule has 3 nitrogen and oxygen atoms in total. The van der Waals surface area contributed by atoms with Gasteiger partial charge in [0.25, 0.3) is 0 Å². The van der Waals surface area contributed by atoms with Gasteiger partial charge in [-0.05, 0) is 24.6 Å². The van der Waals surface area contributed by atoms with Crippen LogP contribution < -0.4 is 5.73 Å². The molecule has 0 aliphatic heterocycles. The van der Waals surface area contributed by atoms with Crippen molar-refractivity contribution in [1.29, 1.82) is 0 Å². The van der Waals surface area contributed by atoms with Gasteiger partial charge in [0, 0.05) is 23.3 Å². The molecule has 2 N–H and O–H groups in total. The maximum Gasteiger partial charge on any atom is 0.137 e. The van der Waals surface area contributed by atoms with E-state index in [0.717, 1.165) is 5.56 Å². The fourth-order valence-electron chi connectivity index (χ4n) is 1.33. The molecule has 0 radical (unpaired) electrons. The molecule has 5 heteroatoms. The van der Waals surface area contributed by atoms with Crippen LogP contribution in [0.1, 0.15) is 18.5 Å². The Balaban J connectivity index is 2.23. The molecule has 1 heterocycles. The van der Waals surface area contributed by atoms with Crippen molar-refractivity contribution in [3.05, 3.63) is 48.2 Å². The summed E-state index contributed by atoms with van der Waals surface area (Å²) in [5, 5.41) is 0.667. The van der Waals surface area contributed by atoms with Gasteiger partial charge in [-0.25, -0.2) is 9.37 Å². The maximum absolute atomic E-state index is 13.8. The first-order valence-electron chi connectivity index (χ1n) is 5.15. The second-order valence-corrected chi connectivity index (χ2v) is 4.69. The smallest absolute Gasteiger partial charge is 0.137 e. The summed E-state index contributed by atoms with van der Waals surface area (Å²) in [7, 11) is 0. The first-order valence-corrected chi connectivity index (χ1v) is 5.97. The number of halogens is 1. The van der Waals surface area contributed by atoms with E-state index in [-0.39, 0.29) is 11.9 Å². The van der Waals surface area contributed by atoms with Crippen LogP contribution in [0.4, 0.5) is 4.39 Å². The zero-order valence-electron chi connectivity index (χ0n) is 9.30. The summed E-state index contributed by atoms with van der Waals surface area (Å²) in [5.74, 6) is -0.282. The molecule has 17 heavy (non-hydrogen) atoms. The standard InChI is InChI=1S/C12H12FN3S/c1-8(14)9-2-3-11(10(13)6-9)17-12-7-15-4-5-16-12/h2-8H,14H2,1H3. The predicted octanol–water partition coefficient (Wildman–Crippen LogP) is 2.79. The van der Waals surface area contributed by atoms with Crippen molar-refractivity contribution in [1.82, 2.24) is 9.97 Å². The first-order chi connectivity index (χ1) is 8.16. The summed E-state index contributed by atoms with van der Waals surface area (Å²) < 4.78 is 13.8. The lowest BCUT2D eigenvalue weighted by Crippen LogP contribution is -2.05. The van der Waals surface area contributed by atoms with Crippen molar-refractivity contribution >= 4 is 11.8 Å². The minimum Gasteiger partial charge on any atom is -0.324 e. The molecular formula is C12H12FN3S. The Morgan fingerprint density at radius 1 is 1.35 bits per heavy atom. The number of hydrogen-bond donors (Lipinski definition) is 1. The zero-order valence-corrected chi connectivity index (χ0v) is 10.1. The summed E-state index contributed by atoms with van der Waals surface area (Å²) in [6, 6.07) is 4.84. The van der Waals surface area contributed by atoms with E-state index in [0.29, 0.717) is 9.92 Å². The fourth-order valence-corrected chi connectivity index (χ4v) is 2.08. The van der Waals surface area contributed by atoms with Gasteiger partial charge < -0.3 is 5.73 Å². The monoisotopic (exact) mass is 249 g/mol. The average Bonchev–Trinajstić information content (AvgIpc) is 2.33. The fraction of sp³-hybridized carbons (Fsp3) is 0.167. The van der Waals surface area contributed by atoms with Gasteiger partial charge in [-0.15, -0.1) is 0 Å². The van der Waals surface area contributed by atoms with Crippen LogP contribution >= 0.6 is 11.8 Å². The summed E-state index contributed by atoms with van der Waals surface area (Å²) in [4.78, 5) is 8.54. The van der Waals surface area contributed by atoms with Crippen LogP contribution in [-0.2, 0) is 0 Å². The number of nitrogens with two attached hydrogens (primary N) is 1. The number of rotatable bonds is 3. The van der Waals surface area contributed by atoms with Crippen molar-refractivity contribution in [2.24, 2.45) is 5.73 Å². The van der Waals surface area contributed by atoms with Crippen LogP contribution in [0.15, 0.2) is 46.7 Å². The molecule has 2 rings (SSSR count). The number of benzene rings is 1. The Hall–Kier alpha value is -1.46. The third-order valence-electron chi connectivity index (χ3n) is 2.24. The summed E-state index contributed by atoms with van der Waals surface area (Å²) in [6.07, 6.45) is 4.76. The van der Waals surface area contributed by atoms with Gasteiger partial charge in [0.05, 0.1) is 6.20 Å². The van der Waals surface area contributed by atoms with E-state index in [2.05, 4.69) is 9.97 Å². The lowest BCUT2D eigenvalue weighted by Gasteiger charge is -2.07. The summed E-state index contributed by atoms with van der Waals surface area (Å²) in [5.41, 5.74) is 6.47. The van der Waals surface area contributed by atoms with Crippen LogP contribution in [0.3, 0.4) is 0 Å². The molecule has 0 aliphatic carbocycles. The first kappa shape index (κ1) is 12.0. The molecule has 0 saturated heterocycles. The maximum atomic E-state index is 13.8. The molecule has 1 atom stereocenters. The topological polar surface area (TPSA) is 51.8 Å². The molecule has 0 aliphatic rings. The van der Waals surface area contributed by atoms with Crippen LogP contribution in [0.25, 0.3) is 0 Å². The molecule has 0 saturated carbocycles. The van der Waals surface area contributed by atoms with E-state index in [4.69, 9.17) is 5.73 Å². The van der Waals surface area contributed by atoms with Gasteiger partial charge in [-0.3, -0.25) is 4.98 Å². The van der Waals surface area contributed by atoms with Gasteiger partial charge in [0.2, 0.25) is 0 Å². The second-order valence-electron chi connectivity index (χ2n) is 3.62. The molecule has 0 bridgehead atoms. The summed E-state index contributed by atoms with van der Waals surface area (Å²) >= 11 is 1.25. The largest absolute Gasteiger partial charge is 0.324 e. The highest BCUT2D eigenvalue weighted by Crippen LogP contribution is 2.29. The van der Waals surface area contributed by atoms with Gasteiger partial charge in [0.15, 0.2) is 0 Å². The van der Waals surface area contributed by atoms with Gasteiger partial charge >= 0.3 is 0 Å². The highest BCUT2D eigenvalue weighted by Gasteiger charge is 2.08. The van der Waals surface area contributed by atoms with Crippen LogP contribution in [0.2, 0.25) is 0 Å². The Morgan fingerprint density at radius 3 is 2.76 bits per heavy atom. The van der Waals surface area contributed by atoms with Gasteiger partial charge in [-0.2, -0.15) is 0 Å². The summed E-state index contributed by atoms with van der Waals surface area (Å²) in [6.45, 7) is 1.82. The number of hydrogen-bond acceptors (Lipinski definition) is 4. The van der Waals surface area contributed by atoms with E-state index in [1.165, 1.54) is 17.8 Å². The Labute approximate surface area is 103 Å². The Kier molecular flexibility index (Phi) is 3.71. The normalized spacial score (nSPS) is 12.4. The van der Waals surface area contributed by atoms with Crippen LogP contribution in [0.5, 0.6) is 0 Å². The molecule has 88 valence electrons. The van der Waals surface area contributed by atoms with Crippen LogP contribution in [0, 0.1) is 5.82 Å². The van der Waals surface area contributed by atoms with E-state index < -0.39 is 0 Å². The van der Waals surface area contributed by atoms with Crippen molar-refractivity contribution in [3.63, 3.8) is 0 Å². The van der Waals surface area contributed by atoms with E-state index in [1.54, 1.807) is 24.7 Å². The minimum atomic E-state index is -0.282. The highest BCUT2D eigenvalue weighted by molar-refractivity contribution is 7.99. The zero-order chi connectivity index (χ0) is 12.3. The second kappa shape index (κ2) is 5.25. The Bertz CT molecular complexity index is 502. The third-order valence-corrected chi connectivity index (χ3v) is 3.21. The molecule has 2 aromatic rings. The minimum absolute atomic E-state index is 0.167. The average molecular weight is 249 g/mol. The van der Waals surface area contributed by atoms with Gasteiger partial charge in [-0.1, -0.05) is 17.8 Å². The molecule has 1 aromatic heterocycles. The molecule has 0 amide bonds. The van der Waals surface area contributed by atoms with E-state index >= 15 is 0 Å². The lowest BCUT2D eigenvalue weighted by molar-refractivity contribution is 0.596. The molecule has 1 aromatic carbocycles. The van der Waals surface area contributed by atoms with Crippen molar-refractivity contribution in [2.75, 3.05) is 0 Å². The molecule has 0 fully saturated rings. The SMILES string of the molecule is CC(N)c1ccc(Sc2cnccn2)c(F)c1. The number of nitrogens with zero attached hydrogens (tertiary/aromatic N) is 2. The van der Waals surface area contributed by atoms with E-state index in [1.807, 2.05) is 13.0 Å². The van der Waals surface area contributed by atoms with E-state index in [9.17, 15) is 4.39 Å². The van der Waals surface area contributed by atoms with Crippen LogP contribution in [-0.4, -0.2) is 9.97 Å². The van der Waals surface area contributed by atoms with Crippen molar-refractivity contribution in [2.45, 2.75) is 22.9 Å². The molecule has 1 unspecified atom stereocenters. The lowest BCUT2D eigenvalue weighted by atomic mass is 10.1. The van der Waals surface area contributed by atoms with Crippen molar-refractivity contribution < 1.29 is 4.39 Å². The third kappa shape index (κ3) is 3.01. The van der Waals surface area contributed by atoms with Crippen molar-refractivity contribution in [3.8, 4) is 0 Å². The number of aromatic nitrogens is 2. The quantitative estimate of drug-likeness (QED) is 0.908.